The lowest BCUT2D eigenvalue weighted by molar-refractivity contribution is -0.150. The lowest BCUT2D eigenvalue weighted by Crippen LogP contribution is -2.26. The summed E-state index contributed by atoms with van der Waals surface area (Å²) in [5.41, 5.74) is 0.100. The van der Waals surface area contributed by atoms with Gasteiger partial charge in [-0.25, -0.2) is 4.98 Å². The lowest BCUT2D eigenvalue weighted by atomic mass is 10.3. The molecule has 0 aromatic carbocycles. The molecule has 0 saturated carbocycles. The van der Waals surface area contributed by atoms with Crippen LogP contribution in [0, 0.1) is 0 Å². The molecule has 3 aromatic heterocycles. The Bertz CT molecular complexity index is 956. The molecule has 1 unspecified atom stereocenters. The van der Waals surface area contributed by atoms with Gasteiger partial charge in [-0.05, 0) is 13.3 Å². The smallest absolute Gasteiger partial charge is 0.326 e. The number of carbonyl (C=O) groups is 1. The molecule has 0 N–H and O–H groups in total. The van der Waals surface area contributed by atoms with Crippen molar-refractivity contribution in [1.82, 2.24) is 29.5 Å². The molecule has 3 rings (SSSR count). The van der Waals surface area contributed by atoms with Gasteiger partial charge in [0.05, 0.1) is 6.20 Å². The number of hydrogen-bond acceptors (Lipinski definition) is 8. The highest BCUT2D eigenvalue weighted by molar-refractivity contribution is 5.74. The summed E-state index contributed by atoms with van der Waals surface area (Å²) < 4.78 is 13.0. The van der Waals surface area contributed by atoms with E-state index in [0.29, 0.717) is 23.3 Å². The highest BCUT2D eigenvalue weighted by atomic mass is 16.6. The van der Waals surface area contributed by atoms with Gasteiger partial charge in [0.1, 0.15) is 18.3 Å². The van der Waals surface area contributed by atoms with Crippen molar-refractivity contribution >= 4 is 17.0 Å². The van der Waals surface area contributed by atoms with Gasteiger partial charge in [0.2, 0.25) is 0 Å². The molecule has 132 valence electrons. The summed E-state index contributed by atoms with van der Waals surface area (Å²) in [4.78, 5) is 32.7. The Kier molecular flexibility index (Phi) is 4.59. The van der Waals surface area contributed by atoms with E-state index in [9.17, 15) is 9.59 Å². The summed E-state index contributed by atoms with van der Waals surface area (Å²) in [6, 6.07) is 0. The largest absolute Gasteiger partial charge is 0.451 e. The van der Waals surface area contributed by atoms with Crippen molar-refractivity contribution < 1.29 is 14.1 Å². The minimum absolute atomic E-state index is 0.227. The summed E-state index contributed by atoms with van der Waals surface area (Å²) in [5.74, 6) is 0.197. The van der Waals surface area contributed by atoms with Crippen LogP contribution in [0.25, 0.3) is 11.0 Å². The highest BCUT2D eigenvalue weighted by Crippen LogP contribution is 2.15. The van der Waals surface area contributed by atoms with E-state index in [1.54, 1.807) is 14.0 Å². The number of carbonyl (C=O) groups excluding carboxylic acids is 1. The Morgan fingerprint density at radius 3 is 3.00 bits per heavy atom. The first kappa shape index (κ1) is 16.8. The van der Waals surface area contributed by atoms with Crippen LogP contribution in [-0.4, -0.2) is 35.4 Å². The highest BCUT2D eigenvalue weighted by Gasteiger charge is 2.19. The summed E-state index contributed by atoms with van der Waals surface area (Å²) in [6.07, 6.45) is 3.60. The Morgan fingerprint density at radius 1 is 1.44 bits per heavy atom. The second-order valence-electron chi connectivity index (χ2n) is 5.61. The van der Waals surface area contributed by atoms with E-state index in [1.807, 2.05) is 6.92 Å². The maximum Gasteiger partial charge on any atom is 0.326 e. The molecule has 0 radical (unpaired) electrons. The zero-order chi connectivity index (χ0) is 18.0. The normalized spacial score (nSPS) is 12.4. The first-order chi connectivity index (χ1) is 12.0. The number of ether oxygens (including phenoxy) is 1. The summed E-state index contributed by atoms with van der Waals surface area (Å²) >= 11 is 0. The Balaban J connectivity index is 1.69. The Hall–Kier alpha value is -3.04. The van der Waals surface area contributed by atoms with Crippen molar-refractivity contribution in [3.05, 3.63) is 34.6 Å². The summed E-state index contributed by atoms with van der Waals surface area (Å²) in [5, 5.41) is 8.14. The van der Waals surface area contributed by atoms with E-state index >= 15 is 0 Å². The van der Waals surface area contributed by atoms with Crippen molar-refractivity contribution in [3.8, 4) is 0 Å². The molecular formula is C15H18N6O4. The average Bonchev–Trinajstić information content (AvgIpc) is 3.18. The minimum Gasteiger partial charge on any atom is -0.451 e. The van der Waals surface area contributed by atoms with Crippen molar-refractivity contribution in [2.75, 3.05) is 0 Å². The molecule has 0 spiro atoms. The molecule has 25 heavy (non-hydrogen) atoms. The molecule has 0 bridgehead atoms. The van der Waals surface area contributed by atoms with Crippen LogP contribution in [0.3, 0.4) is 0 Å². The van der Waals surface area contributed by atoms with Crippen LogP contribution in [0.4, 0.5) is 0 Å². The number of fused-ring (bicyclic) bond motifs is 1. The van der Waals surface area contributed by atoms with Crippen LogP contribution < -0.4 is 5.56 Å². The molecule has 0 aliphatic rings. The molecule has 3 aromatic rings. The van der Waals surface area contributed by atoms with Gasteiger partial charge in [-0.1, -0.05) is 12.1 Å². The topological polar surface area (TPSA) is 118 Å². The zero-order valence-corrected chi connectivity index (χ0v) is 14.2. The maximum atomic E-state index is 12.3. The summed E-state index contributed by atoms with van der Waals surface area (Å²) in [7, 11) is 1.69. The standard InChI is InChI=1S/C15H18N6O4/c1-4-5-11-18-14(25-19-11)9(2)24-12(22)7-21-8-16-13-10(15(21)23)6-17-20(13)3/h6,8-9H,4-5,7H2,1-3H3. The molecule has 1 atom stereocenters. The molecule has 0 fully saturated rings. The lowest BCUT2D eigenvalue weighted by Gasteiger charge is -2.10. The third kappa shape index (κ3) is 3.42. The second-order valence-corrected chi connectivity index (χ2v) is 5.61. The fourth-order valence-electron chi connectivity index (χ4n) is 2.36. The van der Waals surface area contributed by atoms with E-state index in [1.165, 1.54) is 21.8 Å². The minimum atomic E-state index is -0.698. The Labute approximate surface area is 142 Å². The second kappa shape index (κ2) is 6.83. The Morgan fingerprint density at radius 2 is 2.24 bits per heavy atom. The molecule has 10 nitrogen and oxygen atoms in total. The third-order valence-corrected chi connectivity index (χ3v) is 3.63. The van der Waals surface area contributed by atoms with Crippen LogP contribution in [0.5, 0.6) is 0 Å². The van der Waals surface area contributed by atoms with E-state index < -0.39 is 12.1 Å². The van der Waals surface area contributed by atoms with E-state index in [2.05, 4.69) is 20.2 Å². The van der Waals surface area contributed by atoms with E-state index in [0.717, 1.165) is 6.42 Å². The number of rotatable bonds is 6. The number of aromatic nitrogens is 6. The molecule has 0 amide bonds. The zero-order valence-electron chi connectivity index (χ0n) is 14.2. The van der Waals surface area contributed by atoms with Crippen molar-refractivity contribution in [2.45, 2.75) is 39.3 Å². The van der Waals surface area contributed by atoms with E-state index in [4.69, 9.17) is 9.26 Å². The van der Waals surface area contributed by atoms with Crippen molar-refractivity contribution in [1.29, 1.82) is 0 Å². The quantitative estimate of drug-likeness (QED) is 0.601. The maximum absolute atomic E-state index is 12.3. The molecule has 0 aliphatic carbocycles. The van der Waals surface area contributed by atoms with Gasteiger partial charge in [0.15, 0.2) is 17.6 Å². The number of esters is 1. The van der Waals surface area contributed by atoms with Crippen molar-refractivity contribution in [3.63, 3.8) is 0 Å². The SMILES string of the molecule is CCCc1noc(C(C)OC(=O)Cn2cnc3c(cnn3C)c2=O)n1. The first-order valence-corrected chi connectivity index (χ1v) is 7.88. The molecule has 0 aliphatic heterocycles. The monoisotopic (exact) mass is 346 g/mol. The van der Waals surface area contributed by atoms with Gasteiger partial charge >= 0.3 is 5.97 Å². The van der Waals surface area contributed by atoms with Crippen LogP contribution in [-0.2, 0) is 29.5 Å². The predicted octanol–water partition coefficient (Wildman–Crippen LogP) is 0.770. The molecule has 0 saturated heterocycles. The summed E-state index contributed by atoms with van der Waals surface area (Å²) in [6.45, 7) is 3.37. The van der Waals surface area contributed by atoms with Crippen molar-refractivity contribution in [2.24, 2.45) is 7.05 Å². The predicted molar refractivity (Wildman–Crippen MR) is 85.6 cm³/mol. The van der Waals surface area contributed by atoms with Gasteiger partial charge in [-0.15, -0.1) is 0 Å². The fraction of sp³-hybridized carbons (Fsp3) is 0.467. The number of nitrogens with zero attached hydrogens (tertiary/aromatic N) is 6. The van der Waals surface area contributed by atoms with Gasteiger partial charge in [0.25, 0.3) is 11.4 Å². The number of aryl methyl sites for hydroxylation is 2. The third-order valence-electron chi connectivity index (χ3n) is 3.63. The van der Waals surface area contributed by atoms with Gasteiger partial charge in [-0.2, -0.15) is 10.1 Å². The molecular weight excluding hydrogens is 328 g/mol. The number of hydrogen-bond donors (Lipinski definition) is 0. The molecule has 10 heteroatoms. The average molecular weight is 346 g/mol. The van der Waals surface area contributed by atoms with Gasteiger partial charge in [-0.3, -0.25) is 18.8 Å². The van der Waals surface area contributed by atoms with Gasteiger partial charge < -0.3 is 9.26 Å². The van der Waals surface area contributed by atoms with Crippen LogP contribution in [0.15, 0.2) is 21.8 Å². The van der Waals surface area contributed by atoms with Crippen LogP contribution in [0.2, 0.25) is 0 Å². The van der Waals surface area contributed by atoms with E-state index in [-0.39, 0.29) is 18.0 Å². The first-order valence-electron chi connectivity index (χ1n) is 7.88. The fourth-order valence-corrected chi connectivity index (χ4v) is 2.36. The van der Waals surface area contributed by atoms with Crippen LogP contribution >= 0.6 is 0 Å². The van der Waals surface area contributed by atoms with Crippen LogP contribution in [0.1, 0.15) is 38.1 Å². The van der Waals surface area contributed by atoms with Gasteiger partial charge in [0, 0.05) is 13.5 Å². The molecule has 3 heterocycles.